The van der Waals surface area contributed by atoms with Crippen molar-refractivity contribution in [3.05, 3.63) is 24.3 Å². The number of benzene rings is 1. The standard InChI is InChI=1S/C16H21N3O4/c1-10(2)14-15(21)18-11-6-4-5-7-12(11)19(14)16(22)17-9-8-13(20)23-3/h4-7,10,14H,8-9H2,1-3H3,(H,17,22)(H,18,21). The zero-order valence-electron chi connectivity index (χ0n) is 13.5. The first-order valence-corrected chi connectivity index (χ1v) is 7.49. The molecule has 1 aromatic rings. The highest BCUT2D eigenvalue weighted by molar-refractivity contribution is 6.11. The zero-order chi connectivity index (χ0) is 17.0. The zero-order valence-corrected chi connectivity index (χ0v) is 13.5. The average Bonchev–Trinajstić information content (AvgIpc) is 2.52. The fraction of sp³-hybridized carbons (Fsp3) is 0.438. The Balaban J connectivity index is 2.22. The molecule has 1 aromatic carbocycles. The summed E-state index contributed by atoms with van der Waals surface area (Å²) in [7, 11) is 1.30. The predicted octanol–water partition coefficient (Wildman–Crippen LogP) is 1.74. The molecule has 23 heavy (non-hydrogen) atoms. The van der Waals surface area contributed by atoms with Gasteiger partial charge in [0.2, 0.25) is 5.91 Å². The second-order valence-corrected chi connectivity index (χ2v) is 5.62. The van der Waals surface area contributed by atoms with Gasteiger partial charge in [-0.15, -0.1) is 0 Å². The van der Waals surface area contributed by atoms with Gasteiger partial charge in [0.05, 0.1) is 24.9 Å². The highest BCUT2D eigenvalue weighted by atomic mass is 16.5. The van der Waals surface area contributed by atoms with E-state index in [0.29, 0.717) is 11.4 Å². The quantitative estimate of drug-likeness (QED) is 0.828. The van der Waals surface area contributed by atoms with Crippen LogP contribution in [-0.2, 0) is 14.3 Å². The minimum atomic E-state index is -0.608. The van der Waals surface area contributed by atoms with Crippen LogP contribution in [0.15, 0.2) is 24.3 Å². The second-order valence-electron chi connectivity index (χ2n) is 5.62. The highest BCUT2D eigenvalue weighted by Crippen LogP contribution is 2.33. The Morgan fingerprint density at radius 1 is 1.35 bits per heavy atom. The third kappa shape index (κ3) is 3.61. The van der Waals surface area contributed by atoms with Gasteiger partial charge in [-0.25, -0.2) is 4.79 Å². The van der Waals surface area contributed by atoms with Crippen molar-refractivity contribution in [2.24, 2.45) is 5.92 Å². The van der Waals surface area contributed by atoms with E-state index >= 15 is 0 Å². The van der Waals surface area contributed by atoms with Crippen molar-refractivity contribution in [1.29, 1.82) is 0 Å². The Kier molecular flexibility index (Phi) is 5.20. The Morgan fingerprint density at radius 2 is 2.04 bits per heavy atom. The molecule has 3 amide bonds. The molecular weight excluding hydrogens is 298 g/mol. The molecule has 2 rings (SSSR count). The van der Waals surface area contributed by atoms with E-state index in [4.69, 9.17) is 0 Å². The van der Waals surface area contributed by atoms with E-state index < -0.39 is 18.0 Å². The van der Waals surface area contributed by atoms with Gasteiger partial charge in [0, 0.05) is 6.54 Å². The average molecular weight is 319 g/mol. The van der Waals surface area contributed by atoms with Crippen LogP contribution in [0.1, 0.15) is 20.3 Å². The summed E-state index contributed by atoms with van der Waals surface area (Å²) in [5.41, 5.74) is 1.24. The lowest BCUT2D eigenvalue weighted by molar-refractivity contribution is -0.140. The number of hydrogen-bond donors (Lipinski definition) is 2. The summed E-state index contributed by atoms with van der Waals surface area (Å²) in [6.45, 7) is 3.91. The van der Waals surface area contributed by atoms with Crippen molar-refractivity contribution < 1.29 is 19.1 Å². The molecule has 0 saturated heterocycles. The largest absolute Gasteiger partial charge is 0.469 e. The SMILES string of the molecule is COC(=O)CCNC(=O)N1c2ccccc2NC(=O)C1C(C)C. The van der Waals surface area contributed by atoms with Gasteiger partial charge in [0.15, 0.2) is 0 Å². The minimum Gasteiger partial charge on any atom is -0.469 e. The van der Waals surface area contributed by atoms with Gasteiger partial charge >= 0.3 is 12.0 Å². The van der Waals surface area contributed by atoms with Crippen molar-refractivity contribution in [3.63, 3.8) is 0 Å². The van der Waals surface area contributed by atoms with E-state index in [0.717, 1.165) is 0 Å². The van der Waals surface area contributed by atoms with Crippen LogP contribution in [0.4, 0.5) is 16.2 Å². The summed E-state index contributed by atoms with van der Waals surface area (Å²) in [6.07, 6.45) is 0.0796. The molecule has 1 unspecified atom stereocenters. The lowest BCUT2D eigenvalue weighted by Crippen LogP contribution is -2.56. The number of rotatable bonds is 4. The first-order chi connectivity index (χ1) is 11.0. The topological polar surface area (TPSA) is 87.7 Å². The number of urea groups is 1. The number of esters is 1. The summed E-state index contributed by atoms with van der Waals surface area (Å²) in [5.74, 6) is -0.681. The summed E-state index contributed by atoms with van der Waals surface area (Å²) in [4.78, 5) is 37.5. The van der Waals surface area contributed by atoms with E-state index in [1.807, 2.05) is 19.9 Å². The lowest BCUT2D eigenvalue weighted by Gasteiger charge is -2.38. The minimum absolute atomic E-state index is 0.0605. The number of methoxy groups -OCH3 is 1. The third-order valence-electron chi connectivity index (χ3n) is 3.65. The Labute approximate surface area is 135 Å². The van der Waals surface area contributed by atoms with Crippen molar-refractivity contribution in [2.75, 3.05) is 23.9 Å². The number of anilines is 2. The molecule has 1 atom stereocenters. The molecular formula is C16H21N3O4. The number of nitrogens with zero attached hydrogens (tertiary/aromatic N) is 1. The first-order valence-electron chi connectivity index (χ1n) is 7.49. The van der Waals surface area contributed by atoms with Gasteiger partial charge in [0.25, 0.3) is 0 Å². The van der Waals surface area contributed by atoms with E-state index in [2.05, 4.69) is 15.4 Å². The van der Waals surface area contributed by atoms with Crippen LogP contribution in [0.25, 0.3) is 0 Å². The van der Waals surface area contributed by atoms with Gasteiger partial charge in [-0.05, 0) is 18.1 Å². The fourth-order valence-corrected chi connectivity index (χ4v) is 2.56. The summed E-state index contributed by atoms with van der Waals surface area (Å²) < 4.78 is 4.54. The number of carbonyl (C=O) groups is 3. The van der Waals surface area contributed by atoms with Crippen LogP contribution in [0.2, 0.25) is 0 Å². The molecule has 0 fully saturated rings. The van der Waals surface area contributed by atoms with Crippen LogP contribution < -0.4 is 15.5 Å². The summed E-state index contributed by atoms with van der Waals surface area (Å²) >= 11 is 0. The molecule has 7 nitrogen and oxygen atoms in total. The molecule has 1 heterocycles. The summed E-state index contributed by atoms with van der Waals surface area (Å²) in [6, 6.07) is 6.12. The van der Waals surface area contributed by atoms with Gasteiger partial charge in [-0.3, -0.25) is 14.5 Å². The monoisotopic (exact) mass is 319 g/mol. The maximum absolute atomic E-state index is 12.6. The fourth-order valence-electron chi connectivity index (χ4n) is 2.56. The maximum Gasteiger partial charge on any atom is 0.322 e. The molecule has 0 radical (unpaired) electrons. The molecule has 0 aromatic heterocycles. The molecule has 1 aliphatic rings. The molecule has 1 aliphatic heterocycles. The summed E-state index contributed by atoms with van der Waals surface area (Å²) in [5, 5.41) is 5.49. The van der Waals surface area contributed by atoms with E-state index in [1.165, 1.54) is 12.0 Å². The Morgan fingerprint density at radius 3 is 2.70 bits per heavy atom. The first kappa shape index (κ1) is 16.8. The maximum atomic E-state index is 12.6. The van der Waals surface area contributed by atoms with Crippen LogP contribution >= 0.6 is 0 Å². The molecule has 0 spiro atoms. The molecule has 0 saturated carbocycles. The number of hydrogen-bond acceptors (Lipinski definition) is 4. The third-order valence-corrected chi connectivity index (χ3v) is 3.65. The van der Waals surface area contributed by atoms with Gasteiger partial charge in [-0.1, -0.05) is 26.0 Å². The van der Waals surface area contributed by atoms with Crippen LogP contribution in [-0.4, -0.2) is 37.6 Å². The normalized spacial score (nSPS) is 16.6. The number of ether oxygens (including phenoxy) is 1. The van der Waals surface area contributed by atoms with Crippen LogP contribution in [0.5, 0.6) is 0 Å². The smallest absolute Gasteiger partial charge is 0.322 e. The van der Waals surface area contributed by atoms with Crippen molar-refractivity contribution >= 4 is 29.3 Å². The van der Waals surface area contributed by atoms with Gasteiger partial charge < -0.3 is 15.4 Å². The Bertz CT molecular complexity index is 615. The van der Waals surface area contributed by atoms with Gasteiger partial charge in [-0.2, -0.15) is 0 Å². The predicted molar refractivity (Wildman–Crippen MR) is 86.2 cm³/mol. The van der Waals surface area contributed by atoms with E-state index in [1.54, 1.807) is 18.2 Å². The highest BCUT2D eigenvalue weighted by Gasteiger charge is 2.38. The van der Waals surface area contributed by atoms with Crippen molar-refractivity contribution in [1.82, 2.24) is 5.32 Å². The van der Waals surface area contributed by atoms with Crippen molar-refractivity contribution in [3.8, 4) is 0 Å². The molecule has 7 heteroatoms. The molecule has 124 valence electrons. The molecule has 0 aliphatic carbocycles. The van der Waals surface area contributed by atoms with Crippen molar-refractivity contribution in [2.45, 2.75) is 26.3 Å². The van der Waals surface area contributed by atoms with Crippen LogP contribution in [0, 0.1) is 5.92 Å². The number of fused-ring (bicyclic) bond motifs is 1. The van der Waals surface area contributed by atoms with E-state index in [-0.39, 0.29) is 24.8 Å². The number of para-hydroxylation sites is 2. The van der Waals surface area contributed by atoms with Crippen LogP contribution in [0.3, 0.4) is 0 Å². The Hall–Kier alpha value is -2.57. The van der Waals surface area contributed by atoms with E-state index in [9.17, 15) is 14.4 Å². The lowest BCUT2D eigenvalue weighted by atomic mass is 9.98. The number of carbonyl (C=O) groups excluding carboxylic acids is 3. The molecule has 2 N–H and O–H groups in total. The van der Waals surface area contributed by atoms with Gasteiger partial charge in [0.1, 0.15) is 6.04 Å². The second kappa shape index (κ2) is 7.13. The molecule has 0 bridgehead atoms. The number of nitrogens with one attached hydrogen (secondary N) is 2. The number of amides is 3.